The van der Waals surface area contributed by atoms with Crippen molar-refractivity contribution in [1.82, 2.24) is 14.9 Å². The summed E-state index contributed by atoms with van der Waals surface area (Å²) in [4.78, 5) is 6.83. The number of hydrogen-bond acceptors (Lipinski definition) is 3. The van der Waals surface area contributed by atoms with E-state index in [1.54, 1.807) is 0 Å². The van der Waals surface area contributed by atoms with Crippen LogP contribution in [-0.4, -0.2) is 14.7 Å². The molecule has 3 heterocycles. The summed E-state index contributed by atoms with van der Waals surface area (Å²) in [6.45, 7) is 8.68. The molecule has 1 aliphatic heterocycles. The number of aryl methyl sites for hydroxylation is 1. The van der Waals surface area contributed by atoms with Gasteiger partial charge in [-0.1, -0.05) is 23.8 Å². The molecule has 0 unspecified atom stereocenters. The molecule has 1 saturated heterocycles. The number of nitrogens with one attached hydrogen (secondary N) is 1. The molecule has 2 atom stereocenters. The maximum absolute atomic E-state index is 6.04. The van der Waals surface area contributed by atoms with Gasteiger partial charge in [0.25, 0.3) is 0 Å². The Labute approximate surface area is 212 Å². The van der Waals surface area contributed by atoms with E-state index in [2.05, 4.69) is 84.1 Å². The van der Waals surface area contributed by atoms with Gasteiger partial charge in [0, 0.05) is 29.8 Å². The Hall–Kier alpha value is -3.64. The molecule has 6 heteroatoms. The summed E-state index contributed by atoms with van der Waals surface area (Å²) in [6.07, 6.45) is 6.19. The smallest absolute Gasteiger partial charge is 0.174 e. The van der Waals surface area contributed by atoms with E-state index in [1.165, 1.54) is 11.1 Å². The molecule has 5 rings (SSSR count). The minimum atomic E-state index is -0.0667. The molecule has 1 fully saturated rings. The van der Waals surface area contributed by atoms with Gasteiger partial charge in [0.1, 0.15) is 11.5 Å². The summed E-state index contributed by atoms with van der Waals surface area (Å²) in [7, 11) is 0. The van der Waals surface area contributed by atoms with Crippen molar-refractivity contribution in [1.29, 1.82) is 0 Å². The topological polar surface area (TPSA) is 42.3 Å². The van der Waals surface area contributed by atoms with E-state index in [0.717, 1.165) is 22.9 Å². The Bertz CT molecular complexity index is 1310. The van der Waals surface area contributed by atoms with E-state index in [0.29, 0.717) is 5.11 Å². The highest BCUT2D eigenvalue weighted by Crippen LogP contribution is 2.42. The highest BCUT2D eigenvalue weighted by Gasteiger charge is 2.41. The molecule has 0 bridgehead atoms. The number of anilines is 1. The second kappa shape index (κ2) is 9.19. The number of hydrogen-bond donors (Lipinski definition) is 1. The molecule has 4 aromatic rings. The van der Waals surface area contributed by atoms with E-state index in [9.17, 15) is 0 Å². The Morgan fingerprint density at radius 2 is 1.60 bits per heavy atom. The van der Waals surface area contributed by atoms with Crippen molar-refractivity contribution < 1.29 is 4.74 Å². The van der Waals surface area contributed by atoms with E-state index < -0.39 is 0 Å². The predicted molar refractivity (Wildman–Crippen MR) is 145 cm³/mol. The van der Waals surface area contributed by atoms with Crippen molar-refractivity contribution in [2.75, 3.05) is 4.90 Å². The predicted octanol–water partition coefficient (Wildman–Crippen LogP) is 6.92. The first-order chi connectivity index (χ1) is 16.8. The second-order valence-corrected chi connectivity index (χ2v) is 10.3. The van der Waals surface area contributed by atoms with Crippen molar-refractivity contribution in [3.63, 3.8) is 0 Å². The molecule has 178 valence electrons. The normalized spacial score (nSPS) is 17.9. The number of benzene rings is 2. The van der Waals surface area contributed by atoms with Gasteiger partial charge in [-0.05, 0) is 100 Å². The molecule has 0 radical (unpaired) electrons. The molecule has 1 N–H and O–H groups in total. The fourth-order valence-corrected chi connectivity index (χ4v) is 4.74. The fourth-order valence-electron chi connectivity index (χ4n) is 4.39. The lowest BCUT2D eigenvalue weighted by Gasteiger charge is -2.28. The highest BCUT2D eigenvalue weighted by atomic mass is 32.1. The molecule has 2 aromatic heterocycles. The first-order valence-corrected chi connectivity index (χ1v) is 12.2. The van der Waals surface area contributed by atoms with Gasteiger partial charge >= 0.3 is 0 Å². The van der Waals surface area contributed by atoms with Crippen LogP contribution in [0.4, 0.5) is 5.69 Å². The monoisotopic (exact) mass is 482 g/mol. The Morgan fingerprint density at radius 3 is 2.20 bits per heavy atom. The van der Waals surface area contributed by atoms with Gasteiger partial charge < -0.3 is 19.5 Å². The standard InChI is InChI=1S/C29H30N4OS/c1-20-8-12-23(13-9-20)34-24-14-10-22(11-15-24)33-27(21-16-18-32(19-21)29(2,3)4)26(31-28(33)35)25-7-5-6-17-30-25/h5-19,26-27H,1-4H3,(H,31,35)/t26-,27-/m1/s1. The molecule has 0 aliphatic carbocycles. The maximum atomic E-state index is 6.04. The van der Waals surface area contributed by atoms with Gasteiger partial charge in [-0.2, -0.15) is 0 Å². The van der Waals surface area contributed by atoms with Crippen LogP contribution in [0.15, 0.2) is 91.4 Å². The van der Waals surface area contributed by atoms with Gasteiger partial charge in [-0.3, -0.25) is 4.98 Å². The highest BCUT2D eigenvalue weighted by molar-refractivity contribution is 7.80. The first kappa shape index (κ1) is 23.1. The lowest BCUT2D eigenvalue weighted by atomic mass is 9.98. The molecule has 1 aliphatic rings. The van der Waals surface area contributed by atoms with E-state index in [1.807, 2.05) is 54.7 Å². The molecular weight excluding hydrogens is 452 g/mol. The summed E-state index contributed by atoms with van der Waals surface area (Å²) in [5.74, 6) is 1.60. The molecule has 0 amide bonds. The summed E-state index contributed by atoms with van der Waals surface area (Å²) >= 11 is 5.86. The largest absolute Gasteiger partial charge is 0.457 e. The van der Waals surface area contributed by atoms with Crippen LogP contribution in [0.1, 0.15) is 49.7 Å². The van der Waals surface area contributed by atoms with Gasteiger partial charge in [-0.15, -0.1) is 0 Å². The lowest BCUT2D eigenvalue weighted by Crippen LogP contribution is -2.29. The van der Waals surface area contributed by atoms with Crippen LogP contribution in [0.3, 0.4) is 0 Å². The Morgan fingerprint density at radius 1 is 0.914 bits per heavy atom. The minimum absolute atomic E-state index is 0.00885. The van der Waals surface area contributed by atoms with Crippen LogP contribution < -0.4 is 15.0 Å². The minimum Gasteiger partial charge on any atom is -0.457 e. The third-order valence-corrected chi connectivity index (χ3v) is 6.62. The molecule has 0 spiro atoms. The summed E-state index contributed by atoms with van der Waals surface area (Å²) in [5, 5.41) is 4.21. The fraction of sp³-hybridized carbons (Fsp3) is 0.241. The van der Waals surface area contributed by atoms with Gasteiger partial charge in [0.15, 0.2) is 5.11 Å². The Kier molecular flexibility index (Phi) is 6.07. The van der Waals surface area contributed by atoms with Crippen LogP contribution in [0, 0.1) is 6.92 Å². The maximum Gasteiger partial charge on any atom is 0.174 e. The van der Waals surface area contributed by atoms with E-state index >= 15 is 0 Å². The first-order valence-electron chi connectivity index (χ1n) is 11.8. The third kappa shape index (κ3) is 4.80. The van der Waals surface area contributed by atoms with Crippen molar-refractivity contribution in [3.8, 4) is 11.5 Å². The van der Waals surface area contributed by atoms with Gasteiger partial charge in [-0.25, -0.2) is 0 Å². The number of aromatic nitrogens is 2. The number of pyridine rings is 1. The SMILES string of the molecule is Cc1ccc(Oc2ccc(N3C(=S)N[C@H](c4ccccn4)[C@H]3c3ccn(C(C)(C)C)c3)cc2)cc1. The van der Waals surface area contributed by atoms with Gasteiger partial charge in [0.05, 0.1) is 17.8 Å². The average molecular weight is 483 g/mol. The summed E-state index contributed by atoms with van der Waals surface area (Å²) in [6, 6.07) is 24.2. The van der Waals surface area contributed by atoms with Crippen molar-refractivity contribution in [2.45, 2.75) is 45.3 Å². The van der Waals surface area contributed by atoms with Crippen LogP contribution in [0.5, 0.6) is 11.5 Å². The average Bonchev–Trinajstić information content (AvgIpc) is 3.47. The molecule has 0 saturated carbocycles. The molecule has 35 heavy (non-hydrogen) atoms. The van der Waals surface area contributed by atoms with Crippen LogP contribution in [0.2, 0.25) is 0 Å². The molecule has 2 aromatic carbocycles. The summed E-state index contributed by atoms with van der Waals surface area (Å²) < 4.78 is 8.29. The van der Waals surface area contributed by atoms with Crippen LogP contribution >= 0.6 is 12.2 Å². The Balaban J connectivity index is 1.49. The lowest BCUT2D eigenvalue weighted by molar-refractivity contribution is 0.397. The third-order valence-electron chi connectivity index (χ3n) is 6.30. The van der Waals surface area contributed by atoms with Gasteiger partial charge in [0.2, 0.25) is 0 Å². The van der Waals surface area contributed by atoms with E-state index in [4.69, 9.17) is 17.0 Å². The zero-order valence-corrected chi connectivity index (χ0v) is 21.3. The number of thiocarbonyl (C=S) groups is 1. The second-order valence-electron chi connectivity index (χ2n) is 9.93. The van der Waals surface area contributed by atoms with Crippen molar-refractivity contribution in [3.05, 3.63) is 108 Å². The van der Waals surface area contributed by atoms with Crippen molar-refractivity contribution in [2.24, 2.45) is 0 Å². The molecule has 5 nitrogen and oxygen atoms in total. The number of rotatable bonds is 5. The zero-order chi connectivity index (χ0) is 24.6. The number of nitrogens with zero attached hydrogens (tertiary/aromatic N) is 3. The van der Waals surface area contributed by atoms with Crippen molar-refractivity contribution >= 4 is 23.0 Å². The quantitative estimate of drug-likeness (QED) is 0.313. The zero-order valence-electron chi connectivity index (χ0n) is 20.5. The van der Waals surface area contributed by atoms with Crippen LogP contribution in [0.25, 0.3) is 0 Å². The number of ether oxygens (including phenoxy) is 1. The van der Waals surface area contributed by atoms with E-state index in [-0.39, 0.29) is 17.6 Å². The summed E-state index contributed by atoms with van der Waals surface area (Å²) in [5.41, 5.74) is 4.35. The van der Waals surface area contributed by atoms with Crippen LogP contribution in [-0.2, 0) is 5.54 Å². The molecular formula is C29H30N4OS.